The van der Waals surface area contributed by atoms with Gasteiger partial charge in [-0.3, -0.25) is 4.90 Å². The summed E-state index contributed by atoms with van der Waals surface area (Å²) in [4.78, 5) is 2.79. The van der Waals surface area contributed by atoms with Gasteiger partial charge in [-0.05, 0) is 44.7 Å². The predicted octanol–water partition coefficient (Wildman–Crippen LogP) is 2.64. The van der Waals surface area contributed by atoms with E-state index in [2.05, 4.69) is 24.1 Å². The summed E-state index contributed by atoms with van der Waals surface area (Å²) < 4.78 is 0. The average molecular weight is 224 g/mol. The monoisotopic (exact) mass is 224 g/mol. The Balaban J connectivity index is 1.91. The van der Waals surface area contributed by atoms with Crippen LogP contribution in [0.2, 0.25) is 0 Å². The molecule has 2 fully saturated rings. The van der Waals surface area contributed by atoms with Gasteiger partial charge in [-0.1, -0.05) is 26.7 Å². The molecule has 0 spiro atoms. The van der Waals surface area contributed by atoms with Gasteiger partial charge < -0.3 is 5.32 Å². The number of nitrogens with one attached hydrogen (secondary N) is 1. The van der Waals surface area contributed by atoms with Crippen molar-refractivity contribution in [2.45, 2.75) is 64.5 Å². The van der Waals surface area contributed by atoms with Gasteiger partial charge >= 0.3 is 0 Å². The zero-order valence-electron chi connectivity index (χ0n) is 11.0. The third kappa shape index (κ3) is 2.98. The lowest BCUT2D eigenvalue weighted by atomic mass is 9.85. The van der Waals surface area contributed by atoms with Gasteiger partial charge in [0, 0.05) is 18.6 Å². The van der Waals surface area contributed by atoms with Crippen LogP contribution < -0.4 is 5.32 Å². The molecule has 1 N–H and O–H groups in total. The van der Waals surface area contributed by atoms with Crippen LogP contribution in [0.25, 0.3) is 0 Å². The quantitative estimate of drug-likeness (QED) is 0.793. The zero-order chi connectivity index (χ0) is 11.4. The van der Waals surface area contributed by atoms with Gasteiger partial charge in [0.15, 0.2) is 0 Å². The first kappa shape index (κ1) is 12.4. The van der Waals surface area contributed by atoms with E-state index in [0.717, 1.165) is 18.0 Å². The summed E-state index contributed by atoms with van der Waals surface area (Å²) in [6.07, 6.45) is 8.55. The Morgan fingerprint density at radius 3 is 2.56 bits per heavy atom. The molecule has 1 heterocycles. The van der Waals surface area contributed by atoms with Gasteiger partial charge in [-0.2, -0.15) is 0 Å². The lowest BCUT2D eigenvalue weighted by Gasteiger charge is -2.42. The van der Waals surface area contributed by atoms with Crippen molar-refractivity contribution in [2.24, 2.45) is 5.92 Å². The lowest BCUT2D eigenvalue weighted by Crippen LogP contribution is -2.51. The first-order valence-corrected chi connectivity index (χ1v) is 7.27. The number of likely N-dealkylation sites (N-methyl/N-ethyl adjacent to an activating group) is 1. The second kappa shape index (κ2) is 6.02. The van der Waals surface area contributed by atoms with E-state index >= 15 is 0 Å². The maximum absolute atomic E-state index is 3.56. The van der Waals surface area contributed by atoms with Crippen LogP contribution in [-0.2, 0) is 0 Å². The van der Waals surface area contributed by atoms with Crippen LogP contribution in [0.1, 0.15) is 52.4 Å². The Hall–Kier alpha value is -0.0800. The number of piperidine rings is 1. The van der Waals surface area contributed by atoms with Crippen molar-refractivity contribution < 1.29 is 0 Å². The van der Waals surface area contributed by atoms with E-state index in [1.165, 1.54) is 58.2 Å². The van der Waals surface area contributed by atoms with E-state index in [4.69, 9.17) is 0 Å². The van der Waals surface area contributed by atoms with E-state index in [-0.39, 0.29) is 0 Å². The van der Waals surface area contributed by atoms with Crippen LogP contribution >= 0.6 is 0 Å². The molecule has 1 saturated carbocycles. The number of rotatable bonds is 3. The third-order valence-electron chi connectivity index (χ3n) is 4.48. The molecule has 2 rings (SSSR count). The molecule has 0 amide bonds. The zero-order valence-corrected chi connectivity index (χ0v) is 11.0. The summed E-state index contributed by atoms with van der Waals surface area (Å²) in [5, 5.41) is 3.56. The molecule has 1 saturated heterocycles. The highest BCUT2D eigenvalue weighted by atomic mass is 15.2. The minimum atomic E-state index is 0.814. The first-order chi connectivity index (χ1) is 7.81. The fraction of sp³-hybridized carbons (Fsp3) is 1.00. The van der Waals surface area contributed by atoms with E-state index in [0.29, 0.717) is 0 Å². The molecule has 3 atom stereocenters. The maximum atomic E-state index is 3.56. The Kier molecular flexibility index (Phi) is 4.66. The molecule has 0 aromatic heterocycles. The van der Waals surface area contributed by atoms with Gasteiger partial charge in [0.2, 0.25) is 0 Å². The van der Waals surface area contributed by atoms with E-state index < -0.39 is 0 Å². The average Bonchev–Trinajstić information content (AvgIpc) is 2.31. The van der Waals surface area contributed by atoms with Crippen molar-refractivity contribution >= 4 is 0 Å². The van der Waals surface area contributed by atoms with Crippen molar-refractivity contribution in [3.05, 3.63) is 0 Å². The van der Waals surface area contributed by atoms with Gasteiger partial charge in [-0.15, -0.1) is 0 Å². The van der Waals surface area contributed by atoms with Crippen LogP contribution in [0, 0.1) is 5.92 Å². The van der Waals surface area contributed by atoms with E-state index in [9.17, 15) is 0 Å². The summed E-state index contributed by atoms with van der Waals surface area (Å²) in [7, 11) is 0. The second-order valence-corrected chi connectivity index (χ2v) is 5.76. The largest absolute Gasteiger partial charge is 0.315 e. The highest BCUT2D eigenvalue weighted by molar-refractivity contribution is 4.85. The minimum Gasteiger partial charge on any atom is -0.315 e. The fourth-order valence-electron chi connectivity index (χ4n) is 3.63. The molecule has 0 radical (unpaired) electrons. The van der Waals surface area contributed by atoms with Crippen molar-refractivity contribution in [1.29, 1.82) is 0 Å². The standard InChI is InChI=1S/C14H28N2/c1-3-16(14-8-5-9-15-11-14)13-7-4-6-12(2)10-13/h12-15H,3-11H2,1-2H3. The molecule has 2 nitrogen and oxygen atoms in total. The minimum absolute atomic E-state index is 0.814. The summed E-state index contributed by atoms with van der Waals surface area (Å²) in [5.41, 5.74) is 0. The Bertz CT molecular complexity index is 199. The fourth-order valence-corrected chi connectivity index (χ4v) is 3.63. The molecule has 2 aliphatic rings. The molecule has 1 aliphatic carbocycles. The van der Waals surface area contributed by atoms with Crippen LogP contribution in [0.3, 0.4) is 0 Å². The van der Waals surface area contributed by atoms with Gasteiger partial charge in [0.05, 0.1) is 0 Å². The number of hydrogen-bond acceptors (Lipinski definition) is 2. The summed E-state index contributed by atoms with van der Waals surface area (Å²) in [6, 6.07) is 1.69. The predicted molar refractivity (Wildman–Crippen MR) is 69.7 cm³/mol. The van der Waals surface area contributed by atoms with Gasteiger partial charge in [0.1, 0.15) is 0 Å². The molecule has 0 aromatic rings. The van der Waals surface area contributed by atoms with Crippen molar-refractivity contribution in [3.63, 3.8) is 0 Å². The first-order valence-electron chi connectivity index (χ1n) is 7.27. The Morgan fingerprint density at radius 1 is 1.12 bits per heavy atom. The second-order valence-electron chi connectivity index (χ2n) is 5.76. The normalized spacial score (nSPS) is 36.6. The summed E-state index contributed by atoms with van der Waals surface area (Å²) in [6.45, 7) is 8.46. The Morgan fingerprint density at radius 2 is 1.94 bits per heavy atom. The topological polar surface area (TPSA) is 15.3 Å². The van der Waals surface area contributed by atoms with Crippen molar-refractivity contribution in [1.82, 2.24) is 10.2 Å². The van der Waals surface area contributed by atoms with Crippen molar-refractivity contribution in [2.75, 3.05) is 19.6 Å². The highest BCUT2D eigenvalue weighted by Gasteiger charge is 2.29. The van der Waals surface area contributed by atoms with E-state index in [1.54, 1.807) is 0 Å². The molecule has 0 bridgehead atoms. The van der Waals surface area contributed by atoms with Crippen LogP contribution in [-0.4, -0.2) is 36.6 Å². The van der Waals surface area contributed by atoms with Gasteiger partial charge in [0.25, 0.3) is 0 Å². The molecule has 16 heavy (non-hydrogen) atoms. The molecular weight excluding hydrogens is 196 g/mol. The summed E-state index contributed by atoms with van der Waals surface area (Å²) >= 11 is 0. The number of nitrogens with zero attached hydrogens (tertiary/aromatic N) is 1. The Labute approximate surface area is 101 Å². The van der Waals surface area contributed by atoms with Crippen LogP contribution in [0.5, 0.6) is 0 Å². The molecule has 94 valence electrons. The smallest absolute Gasteiger partial charge is 0.0223 e. The molecular formula is C14H28N2. The van der Waals surface area contributed by atoms with Crippen molar-refractivity contribution in [3.8, 4) is 0 Å². The molecule has 3 unspecified atom stereocenters. The van der Waals surface area contributed by atoms with Crippen LogP contribution in [0.4, 0.5) is 0 Å². The molecule has 1 aliphatic heterocycles. The van der Waals surface area contributed by atoms with Crippen LogP contribution in [0.15, 0.2) is 0 Å². The van der Waals surface area contributed by atoms with Gasteiger partial charge in [-0.25, -0.2) is 0 Å². The number of hydrogen-bond donors (Lipinski definition) is 1. The summed E-state index contributed by atoms with van der Waals surface area (Å²) in [5.74, 6) is 0.948. The highest BCUT2D eigenvalue weighted by Crippen LogP contribution is 2.29. The maximum Gasteiger partial charge on any atom is 0.0223 e. The third-order valence-corrected chi connectivity index (χ3v) is 4.48. The molecule has 2 heteroatoms. The van der Waals surface area contributed by atoms with E-state index in [1.807, 2.05) is 0 Å². The SMILES string of the molecule is CCN(C1CCCNC1)C1CCCC(C)C1. The lowest BCUT2D eigenvalue weighted by molar-refractivity contribution is 0.0804. The molecule has 0 aromatic carbocycles.